The average Bonchev–Trinajstić information content (AvgIpc) is 2.47. The van der Waals surface area contributed by atoms with Crippen LogP contribution in [0.5, 0.6) is 0 Å². The van der Waals surface area contributed by atoms with Gasteiger partial charge in [0.05, 0.1) is 12.1 Å². The molecule has 5 heteroatoms. The Morgan fingerprint density at radius 1 is 1.47 bits per heavy atom. The van der Waals surface area contributed by atoms with Crippen molar-refractivity contribution < 1.29 is 14.6 Å². The molecule has 15 heavy (non-hydrogen) atoms. The molecule has 1 rings (SSSR count). The first-order valence-corrected chi connectivity index (χ1v) is 5.24. The molecule has 0 saturated heterocycles. The van der Waals surface area contributed by atoms with Gasteiger partial charge in [0.1, 0.15) is 5.60 Å². The number of rotatable bonds is 1. The lowest BCUT2D eigenvalue weighted by Gasteiger charge is -2.27. The van der Waals surface area contributed by atoms with E-state index in [0.29, 0.717) is 12.8 Å². The van der Waals surface area contributed by atoms with Gasteiger partial charge in [0.25, 0.3) is 0 Å². The smallest absolute Gasteiger partial charge is 0.424 e. The van der Waals surface area contributed by atoms with Crippen LogP contribution in [0.25, 0.3) is 0 Å². The number of carbonyl (C=O) groups is 1. The van der Waals surface area contributed by atoms with Crippen LogP contribution in [0, 0.1) is 0 Å². The van der Waals surface area contributed by atoms with Crippen molar-refractivity contribution in [2.24, 2.45) is 5.84 Å². The van der Waals surface area contributed by atoms with E-state index < -0.39 is 11.7 Å². The standard InChI is InChI=1S/C10H20N2O3/c1-10(2,3)15-9(14)12(11)7-4-5-8(13)6-7/h7-8,13H,4-6,11H2,1-3H3. The molecule has 5 nitrogen and oxygen atoms in total. The fraction of sp³-hybridized carbons (Fsp3) is 0.900. The highest BCUT2D eigenvalue weighted by molar-refractivity contribution is 5.67. The number of amides is 1. The average molecular weight is 216 g/mol. The van der Waals surface area contributed by atoms with Gasteiger partial charge in [-0.1, -0.05) is 0 Å². The second kappa shape index (κ2) is 4.37. The van der Waals surface area contributed by atoms with Gasteiger partial charge in [-0.25, -0.2) is 15.6 Å². The summed E-state index contributed by atoms with van der Waals surface area (Å²) in [6.07, 6.45) is 1.10. The molecule has 1 amide bonds. The molecule has 3 N–H and O–H groups in total. The minimum Gasteiger partial charge on any atom is -0.443 e. The van der Waals surface area contributed by atoms with E-state index in [1.54, 1.807) is 20.8 Å². The first kappa shape index (κ1) is 12.3. The van der Waals surface area contributed by atoms with Gasteiger partial charge >= 0.3 is 6.09 Å². The first-order chi connectivity index (χ1) is 6.79. The molecule has 0 spiro atoms. The Morgan fingerprint density at radius 2 is 2.07 bits per heavy atom. The third-order valence-corrected chi connectivity index (χ3v) is 2.37. The topological polar surface area (TPSA) is 75.8 Å². The van der Waals surface area contributed by atoms with E-state index in [2.05, 4.69) is 0 Å². The lowest BCUT2D eigenvalue weighted by atomic mass is 10.2. The van der Waals surface area contributed by atoms with Gasteiger partial charge < -0.3 is 9.84 Å². The van der Waals surface area contributed by atoms with Crippen molar-refractivity contribution in [2.45, 2.75) is 57.8 Å². The van der Waals surface area contributed by atoms with Crippen LogP contribution < -0.4 is 5.84 Å². The summed E-state index contributed by atoms with van der Waals surface area (Å²) in [5.41, 5.74) is -0.536. The molecule has 2 atom stereocenters. The summed E-state index contributed by atoms with van der Waals surface area (Å²) in [6.45, 7) is 5.38. The summed E-state index contributed by atoms with van der Waals surface area (Å²) < 4.78 is 5.13. The Labute approximate surface area is 90.2 Å². The molecule has 0 aromatic rings. The summed E-state index contributed by atoms with van der Waals surface area (Å²) in [7, 11) is 0. The van der Waals surface area contributed by atoms with Gasteiger partial charge in [-0.15, -0.1) is 0 Å². The van der Waals surface area contributed by atoms with E-state index in [1.165, 1.54) is 0 Å². The maximum atomic E-state index is 11.5. The molecule has 1 aliphatic rings. The van der Waals surface area contributed by atoms with Crippen molar-refractivity contribution >= 4 is 6.09 Å². The number of aliphatic hydroxyl groups excluding tert-OH is 1. The van der Waals surface area contributed by atoms with Crippen LogP contribution in [0.1, 0.15) is 40.0 Å². The van der Waals surface area contributed by atoms with Crippen LogP contribution in [-0.2, 0) is 4.74 Å². The molecule has 0 heterocycles. The summed E-state index contributed by atoms with van der Waals surface area (Å²) in [5, 5.41) is 10.4. The number of nitrogens with two attached hydrogens (primary N) is 1. The summed E-state index contributed by atoms with van der Waals surface area (Å²) in [6, 6.07) is -0.102. The van der Waals surface area contributed by atoms with Gasteiger partial charge in [-0.2, -0.15) is 0 Å². The molecular weight excluding hydrogens is 196 g/mol. The van der Waals surface area contributed by atoms with Gasteiger partial charge in [0.15, 0.2) is 0 Å². The largest absolute Gasteiger partial charge is 0.443 e. The molecule has 1 fully saturated rings. The predicted octanol–water partition coefficient (Wildman–Crippen LogP) is 1.01. The molecule has 0 radical (unpaired) electrons. The fourth-order valence-corrected chi connectivity index (χ4v) is 1.65. The number of hydrogen-bond acceptors (Lipinski definition) is 4. The molecule has 0 aromatic carbocycles. The number of nitrogens with zero attached hydrogens (tertiary/aromatic N) is 1. The summed E-state index contributed by atoms with van der Waals surface area (Å²) in [4.78, 5) is 11.5. The van der Waals surface area contributed by atoms with Crippen molar-refractivity contribution in [1.82, 2.24) is 5.01 Å². The minimum atomic E-state index is -0.536. The Bertz CT molecular complexity index is 237. The zero-order chi connectivity index (χ0) is 11.6. The van der Waals surface area contributed by atoms with Crippen molar-refractivity contribution in [3.63, 3.8) is 0 Å². The van der Waals surface area contributed by atoms with Gasteiger partial charge in [-0.3, -0.25) is 0 Å². The molecule has 1 aliphatic carbocycles. The molecule has 88 valence electrons. The highest BCUT2D eigenvalue weighted by Crippen LogP contribution is 2.23. The van der Waals surface area contributed by atoms with Gasteiger partial charge in [-0.05, 0) is 40.0 Å². The lowest BCUT2D eigenvalue weighted by Crippen LogP contribution is -2.47. The SMILES string of the molecule is CC(C)(C)OC(=O)N(N)C1CCC(O)C1. The van der Waals surface area contributed by atoms with E-state index in [9.17, 15) is 9.90 Å². The number of hydrogen-bond donors (Lipinski definition) is 2. The summed E-state index contributed by atoms with van der Waals surface area (Å²) >= 11 is 0. The van der Waals surface area contributed by atoms with Gasteiger partial charge in [0, 0.05) is 0 Å². The molecule has 2 unspecified atom stereocenters. The molecule has 0 aliphatic heterocycles. The highest BCUT2D eigenvalue weighted by Gasteiger charge is 2.31. The third kappa shape index (κ3) is 3.68. The maximum absolute atomic E-state index is 11.5. The lowest BCUT2D eigenvalue weighted by molar-refractivity contribution is 0.0151. The van der Waals surface area contributed by atoms with Crippen molar-refractivity contribution in [3.05, 3.63) is 0 Å². The molecular formula is C10H20N2O3. The number of hydrazine groups is 1. The maximum Gasteiger partial charge on any atom is 0.424 e. The van der Waals surface area contributed by atoms with Crippen LogP contribution >= 0.6 is 0 Å². The van der Waals surface area contributed by atoms with E-state index in [1.807, 2.05) is 0 Å². The van der Waals surface area contributed by atoms with Crippen LogP contribution in [0.15, 0.2) is 0 Å². The Kier molecular flexibility index (Phi) is 3.57. The Morgan fingerprint density at radius 3 is 2.47 bits per heavy atom. The zero-order valence-corrected chi connectivity index (χ0v) is 9.56. The predicted molar refractivity (Wildman–Crippen MR) is 55.9 cm³/mol. The molecule has 0 bridgehead atoms. The van der Waals surface area contributed by atoms with E-state index in [-0.39, 0.29) is 12.1 Å². The second-order valence-corrected chi connectivity index (χ2v) is 5.01. The number of ether oxygens (including phenoxy) is 1. The summed E-state index contributed by atoms with van der Waals surface area (Å²) in [5.74, 6) is 5.64. The van der Waals surface area contributed by atoms with E-state index in [4.69, 9.17) is 10.6 Å². The first-order valence-electron chi connectivity index (χ1n) is 5.24. The number of carbonyl (C=O) groups excluding carboxylic acids is 1. The molecule has 0 aromatic heterocycles. The zero-order valence-electron chi connectivity index (χ0n) is 9.56. The highest BCUT2D eigenvalue weighted by atomic mass is 16.6. The molecule has 1 saturated carbocycles. The third-order valence-electron chi connectivity index (χ3n) is 2.37. The number of aliphatic hydroxyl groups is 1. The van der Waals surface area contributed by atoms with Crippen LogP contribution in [0.4, 0.5) is 4.79 Å². The minimum absolute atomic E-state index is 0.102. The second-order valence-electron chi connectivity index (χ2n) is 5.01. The normalized spacial score (nSPS) is 26.5. The quantitative estimate of drug-likeness (QED) is 0.389. The van der Waals surface area contributed by atoms with E-state index in [0.717, 1.165) is 11.4 Å². The van der Waals surface area contributed by atoms with Crippen molar-refractivity contribution in [2.75, 3.05) is 0 Å². The van der Waals surface area contributed by atoms with Crippen molar-refractivity contribution in [3.8, 4) is 0 Å². The fourth-order valence-electron chi connectivity index (χ4n) is 1.65. The van der Waals surface area contributed by atoms with E-state index >= 15 is 0 Å². The monoisotopic (exact) mass is 216 g/mol. The van der Waals surface area contributed by atoms with Crippen LogP contribution in [-0.4, -0.2) is 34.0 Å². The Hall–Kier alpha value is -0.810. The van der Waals surface area contributed by atoms with Crippen molar-refractivity contribution in [1.29, 1.82) is 0 Å². The van der Waals surface area contributed by atoms with Crippen LogP contribution in [0.3, 0.4) is 0 Å². The Balaban J connectivity index is 2.46. The van der Waals surface area contributed by atoms with Crippen LogP contribution in [0.2, 0.25) is 0 Å². The van der Waals surface area contributed by atoms with Gasteiger partial charge in [0.2, 0.25) is 0 Å².